The third-order valence-corrected chi connectivity index (χ3v) is 13.5. The van der Waals surface area contributed by atoms with E-state index in [1.165, 1.54) is 193 Å². The molecule has 0 radical (unpaired) electrons. The summed E-state index contributed by atoms with van der Waals surface area (Å²) in [7, 11) is 0. The zero-order valence-electron chi connectivity index (χ0n) is 47.2. The number of ether oxygens (including phenoxy) is 3. The van der Waals surface area contributed by atoms with Crippen LogP contribution >= 0.6 is 0 Å². The van der Waals surface area contributed by atoms with Gasteiger partial charge in [0.2, 0.25) is 0 Å². The van der Waals surface area contributed by atoms with Crippen LogP contribution in [0.3, 0.4) is 0 Å². The summed E-state index contributed by atoms with van der Waals surface area (Å²) >= 11 is 0. The van der Waals surface area contributed by atoms with E-state index in [1.807, 2.05) is 0 Å². The van der Waals surface area contributed by atoms with Crippen LogP contribution in [0.2, 0.25) is 0 Å². The van der Waals surface area contributed by atoms with Crippen molar-refractivity contribution in [1.29, 1.82) is 0 Å². The van der Waals surface area contributed by atoms with Crippen molar-refractivity contribution in [1.82, 2.24) is 0 Å². The van der Waals surface area contributed by atoms with E-state index >= 15 is 0 Å². The van der Waals surface area contributed by atoms with Gasteiger partial charge in [0.15, 0.2) is 6.10 Å². The van der Waals surface area contributed by atoms with Gasteiger partial charge in [-0.3, -0.25) is 14.4 Å². The van der Waals surface area contributed by atoms with E-state index < -0.39 is 6.10 Å². The lowest BCUT2D eigenvalue weighted by Crippen LogP contribution is -2.30. The second-order valence-corrected chi connectivity index (χ2v) is 20.6. The Morgan fingerprint density at radius 3 is 0.817 bits per heavy atom. The number of allylic oxidation sites excluding steroid dienone is 10. The van der Waals surface area contributed by atoms with Gasteiger partial charge in [0, 0.05) is 19.3 Å². The third kappa shape index (κ3) is 57.9. The number of rotatable bonds is 56. The molecule has 0 aromatic heterocycles. The number of hydrogen-bond donors (Lipinski definition) is 0. The average Bonchev–Trinajstić information content (AvgIpc) is 3.37. The zero-order chi connectivity index (χ0) is 51.4. The number of unbranched alkanes of at least 4 members (excludes halogenated alkanes) is 35. The predicted molar refractivity (Wildman–Crippen MR) is 307 cm³/mol. The van der Waals surface area contributed by atoms with Crippen molar-refractivity contribution < 1.29 is 28.6 Å². The molecule has 71 heavy (non-hydrogen) atoms. The van der Waals surface area contributed by atoms with E-state index in [0.29, 0.717) is 19.3 Å². The van der Waals surface area contributed by atoms with Gasteiger partial charge in [0.05, 0.1) is 0 Å². The summed E-state index contributed by atoms with van der Waals surface area (Å²) in [5.74, 6) is -0.880. The monoisotopic (exact) mass is 993 g/mol. The van der Waals surface area contributed by atoms with Crippen LogP contribution < -0.4 is 0 Å². The van der Waals surface area contributed by atoms with Crippen LogP contribution in [0.4, 0.5) is 0 Å². The molecule has 6 nitrogen and oxygen atoms in total. The van der Waals surface area contributed by atoms with Crippen molar-refractivity contribution in [3.63, 3.8) is 0 Å². The maximum atomic E-state index is 12.9. The summed E-state index contributed by atoms with van der Waals surface area (Å²) in [5.41, 5.74) is 0. The Balaban J connectivity index is 4.36. The molecule has 0 spiro atoms. The standard InChI is InChI=1S/C65H116O6/c1-4-7-10-13-16-19-22-25-27-29-31-32-34-35-37-40-43-46-49-52-55-58-64(67)70-61-62(60-69-63(66)57-54-51-48-45-42-39-24-21-18-15-12-9-6-3)71-65(68)59-56-53-50-47-44-41-38-36-33-30-28-26-23-20-17-14-11-8-5-2/h17,20,22,25-26,28-29,31,34-35,62H,4-16,18-19,21,23-24,27,30,32-33,36-61H2,1-3H3/b20-17-,25-22-,28-26-,31-29-,35-34-. The van der Waals surface area contributed by atoms with Gasteiger partial charge in [-0.2, -0.15) is 0 Å². The topological polar surface area (TPSA) is 78.9 Å². The lowest BCUT2D eigenvalue weighted by molar-refractivity contribution is -0.167. The lowest BCUT2D eigenvalue weighted by atomic mass is 10.0. The summed E-state index contributed by atoms with van der Waals surface area (Å²) in [6.07, 6.45) is 74.9. The molecule has 0 saturated heterocycles. The van der Waals surface area contributed by atoms with E-state index in [0.717, 1.165) is 83.5 Å². The van der Waals surface area contributed by atoms with Gasteiger partial charge in [-0.05, 0) is 89.9 Å². The van der Waals surface area contributed by atoms with Crippen molar-refractivity contribution >= 4 is 17.9 Å². The first-order chi connectivity index (χ1) is 35.0. The first-order valence-electron chi connectivity index (χ1n) is 30.8. The second-order valence-electron chi connectivity index (χ2n) is 20.6. The molecule has 0 bridgehead atoms. The largest absolute Gasteiger partial charge is 0.462 e. The van der Waals surface area contributed by atoms with Crippen molar-refractivity contribution in [3.05, 3.63) is 60.8 Å². The zero-order valence-corrected chi connectivity index (χ0v) is 47.2. The fourth-order valence-corrected chi connectivity index (χ4v) is 8.83. The highest BCUT2D eigenvalue weighted by atomic mass is 16.6. The molecule has 0 fully saturated rings. The van der Waals surface area contributed by atoms with Gasteiger partial charge >= 0.3 is 17.9 Å². The molecule has 0 aromatic rings. The van der Waals surface area contributed by atoms with Crippen LogP contribution in [0, 0.1) is 0 Å². The molecule has 6 heteroatoms. The maximum absolute atomic E-state index is 12.9. The molecular weight excluding hydrogens is 877 g/mol. The number of hydrogen-bond acceptors (Lipinski definition) is 6. The molecule has 0 aliphatic carbocycles. The Kier molecular flexibility index (Phi) is 57.2. The Labute approximate surface area is 440 Å². The second kappa shape index (κ2) is 59.7. The number of carbonyl (C=O) groups excluding carboxylic acids is 3. The van der Waals surface area contributed by atoms with E-state index in [9.17, 15) is 14.4 Å². The molecule has 0 heterocycles. The summed E-state index contributed by atoms with van der Waals surface area (Å²) < 4.78 is 16.9. The maximum Gasteiger partial charge on any atom is 0.306 e. The minimum atomic E-state index is -0.781. The average molecular weight is 994 g/mol. The summed E-state index contributed by atoms with van der Waals surface area (Å²) in [6, 6.07) is 0. The minimum Gasteiger partial charge on any atom is -0.462 e. The highest BCUT2D eigenvalue weighted by Gasteiger charge is 2.19. The molecule has 1 unspecified atom stereocenters. The minimum absolute atomic E-state index is 0.0774. The third-order valence-electron chi connectivity index (χ3n) is 13.5. The van der Waals surface area contributed by atoms with Gasteiger partial charge in [0.25, 0.3) is 0 Å². The Hall–Kier alpha value is -2.89. The van der Waals surface area contributed by atoms with Gasteiger partial charge < -0.3 is 14.2 Å². The van der Waals surface area contributed by atoms with Crippen LogP contribution in [0.15, 0.2) is 60.8 Å². The highest BCUT2D eigenvalue weighted by molar-refractivity contribution is 5.71. The molecule has 0 rings (SSSR count). The van der Waals surface area contributed by atoms with E-state index in [2.05, 4.69) is 81.5 Å². The quantitative estimate of drug-likeness (QED) is 0.0261. The first-order valence-corrected chi connectivity index (χ1v) is 30.8. The smallest absolute Gasteiger partial charge is 0.306 e. The Bertz CT molecular complexity index is 1280. The fraction of sp³-hybridized carbons (Fsp3) is 0.800. The molecule has 412 valence electrons. The molecule has 1 atom stereocenters. The fourth-order valence-electron chi connectivity index (χ4n) is 8.83. The van der Waals surface area contributed by atoms with Crippen LogP contribution in [-0.4, -0.2) is 37.2 Å². The molecule has 0 aliphatic rings. The lowest BCUT2D eigenvalue weighted by Gasteiger charge is -2.18. The SMILES string of the molecule is CCCCC/C=C\C/C=C\CCCCCCCCCCCC(=O)OC(COC(=O)CCCCCCCC/C=C\C/C=C\C/C=C\CCCCCCC)COC(=O)CCCCCCCCCCCCCCC. The van der Waals surface area contributed by atoms with Crippen LogP contribution in [0.25, 0.3) is 0 Å². The van der Waals surface area contributed by atoms with Gasteiger partial charge in [-0.1, -0.05) is 268 Å². The normalized spacial score (nSPS) is 12.4. The van der Waals surface area contributed by atoms with E-state index in [4.69, 9.17) is 14.2 Å². The van der Waals surface area contributed by atoms with Crippen molar-refractivity contribution in [2.75, 3.05) is 13.2 Å². The summed E-state index contributed by atoms with van der Waals surface area (Å²) in [6.45, 7) is 6.62. The van der Waals surface area contributed by atoms with Crippen molar-refractivity contribution in [3.8, 4) is 0 Å². The van der Waals surface area contributed by atoms with Crippen LogP contribution in [-0.2, 0) is 28.6 Å². The molecule has 0 aromatic carbocycles. The van der Waals surface area contributed by atoms with Gasteiger partial charge in [-0.15, -0.1) is 0 Å². The van der Waals surface area contributed by atoms with Gasteiger partial charge in [0.1, 0.15) is 13.2 Å². The number of esters is 3. The Morgan fingerprint density at radius 2 is 0.507 bits per heavy atom. The van der Waals surface area contributed by atoms with E-state index in [-0.39, 0.29) is 31.1 Å². The first kappa shape index (κ1) is 68.1. The molecule has 0 amide bonds. The molecule has 0 aliphatic heterocycles. The molecule has 0 N–H and O–H groups in total. The summed E-state index contributed by atoms with van der Waals surface area (Å²) in [4.78, 5) is 38.2. The van der Waals surface area contributed by atoms with Crippen LogP contribution in [0.5, 0.6) is 0 Å². The van der Waals surface area contributed by atoms with Crippen molar-refractivity contribution in [2.45, 2.75) is 322 Å². The molecule has 0 saturated carbocycles. The van der Waals surface area contributed by atoms with Crippen LogP contribution in [0.1, 0.15) is 316 Å². The van der Waals surface area contributed by atoms with E-state index in [1.54, 1.807) is 0 Å². The Morgan fingerprint density at radius 1 is 0.282 bits per heavy atom. The van der Waals surface area contributed by atoms with Crippen molar-refractivity contribution in [2.24, 2.45) is 0 Å². The highest BCUT2D eigenvalue weighted by Crippen LogP contribution is 2.16. The van der Waals surface area contributed by atoms with Gasteiger partial charge in [-0.25, -0.2) is 0 Å². The molecular formula is C65H116O6. The summed E-state index contributed by atoms with van der Waals surface area (Å²) in [5, 5.41) is 0. The predicted octanol–water partition coefficient (Wildman–Crippen LogP) is 20.8. The number of carbonyl (C=O) groups is 3.